The van der Waals surface area contributed by atoms with Gasteiger partial charge in [-0.05, 0) is 20.3 Å². The number of nitrogens with one attached hydrogen (secondary N) is 3. The molecule has 3 N–H and O–H groups in total. The second kappa shape index (κ2) is 8.92. The molecule has 9 heteroatoms. The molecule has 2 aromatic rings. The third-order valence-electron chi connectivity index (χ3n) is 4.28. The van der Waals surface area contributed by atoms with Crippen molar-refractivity contribution >= 4 is 23.8 Å². The summed E-state index contributed by atoms with van der Waals surface area (Å²) in [5, 5.41) is 13.2. The molecular formula is C19H23N5O3S. The maximum absolute atomic E-state index is 12.4. The number of amides is 2. The van der Waals surface area contributed by atoms with Crippen molar-refractivity contribution in [2.45, 2.75) is 38.4 Å². The van der Waals surface area contributed by atoms with Gasteiger partial charge in [0.05, 0.1) is 18.2 Å². The Bertz CT molecular complexity index is 891. The Hall–Kier alpha value is -2.81. The standard InChI is InChI=1S/C19H23N5O3S/c1-4-13-15(17(25)27-5-2)14(21-18(26)20-13)10-28-19-22-16(23-24-19)12-8-6-11(3)7-9-12/h6-9,13H,4-5,10H2,1-3H3,(H2,20,21,26)(H,22,23,24)/t13-/m0/s1. The van der Waals surface area contributed by atoms with Crippen molar-refractivity contribution in [3.63, 3.8) is 0 Å². The number of nitrogens with zero attached hydrogens (tertiary/aromatic N) is 2. The van der Waals surface area contributed by atoms with Gasteiger partial charge in [-0.15, -0.1) is 5.10 Å². The zero-order valence-electron chi connectivity index (χ0n) is 16.0. The van der Waals surface area contributed by atoms with Gasteiger partial charge in [-0.3, -0.25) is 5.10 Å². The lowest BCUT2D eigenvalue weighted by Gasteiger charge is -2.28. The summed E-state index contributed by atoms with van der Waals surface area (Å²) >= 11 is 1.34. The number of esters is 1. The smallest absolute Gasteiger partial charge is 0.337 e. The van der Waals surface area contributed by atoms with E-state index in [1.54, 1.807) is 6.92 Å². The zero-order chi connectivity index (χ0) is 20.1. The maximum atomic E-state index is 12.4. The molecule has 1 aliphatic heterocycles. The van der Waals surface area contributed by atoms with Crippen LogP contribution in [0.4, 0.5) is 4.79 Å². The predicted octanol–water partition coefficient (Wildman–Crippen LogP) is 2.78. The SMILES string of the molecule is CCOC(=O)C1=C(CSc2n[nH]c(-c3ccc(C)cc3)n2)NC(=O)N[C@H]1CC. The summed E-state index contributed by atoms with van der Waals surface area (Å²) in [6.07, 6.45) is 0.591. The van der Waals surface area contributed by atoms with Crippen molar-refractivity contribution in [3.05, 3.63) is 41.1 Å². The Kier molecular flexibility index (Phi) is 6.35. The molecule has 0 saturated carbocycles. The van der Waals surface area contributed by atoms with E-state index in [1.165, 1.54) is 17.3 Å². The number of carbonyl (C=O) groups is 2. The molecule has 0 aliphatic carbocycles. The maximum Gasteiger partial charge on any atom is 0.337 e. The van der Waals surface area contributed by atoms with E-state index in [-0.39, 0.29) is 18.7 Å². The summed E-state index contributed by atoms with van der Waals surface area (Å²) < 4.78 is 5.17. The van der Waals surface area contributed by atoms with Gasteiger partial charge in [0.25, 0.3) is 0 Å². The van der Waals surface area contributed by atoms with Crippen molar-refractivity contribution in [2.75, 3.05) is 12.4 Å². The molecule has 0 fully saturated rings. The molecule has 0 unspecified atom stereocenters. The zero-order valence-corrected chi connectivity index (χ0v) is 16.9. The minimum Gasteiger partial charge on any atom is -0.463 e. The molecule has 0 bridgehead atoms. The molecule has 0 radical (unpaired) electrons. The van der Waals surface area contributed by atoms with Crippen LogP contribution in [-0.2, 0) is 9.53 Å². The summed E-state index contributed by atoms with van der Waals surface area (Å²) in [5.41, 5.74) is 3.09. The van der Waals surface area contributed by atoms with Crippen molar-refractivity contribution in [2.24, 2.45) is 0 Å². The molecule has 0 saturated heterocycles. The van der Waals surface area contributed by atoms with Gasteiger partial charge < -0.3 is 15.4 Å². The predicted molar refractivity (Wildman–Crippen MR) is 107 cm³/mol. The summed E-state index contributed by atoms with van der Waals surface area (Å²) in [7, 11) is 0. The molecule has 28 heavy (non-hydrogen) atoms. The average Bonchev–Trinajstić information content (AvgIpc) is 3.15. The molecule has 1 atom stereocenters. The second-order valence-corrected chi connectivity index (χ2v) is 7.24. The van der Waals surface area contributed by atoms with Gasteiger partial charge in [0, 0.05) is 17.0 Å². The minimum atomic E-state index is -0.423. The average molecular weight is 401 g/mol. The minimum absolute atomic E-state index is 0.272. The van der Waals surface area contributed by atoms with Crippen molar-refractivity contribution in [1.82, 2.24) is 25.8 Å². The number of aromatic amines is 1. The number of benzene rings is 1. The molecule has 1 aliphatic rings. The highest BCUT2D eigenvalue weighted by molar-refractivity contribution is 7.99. The highest BCUT2D eigenvalue weighted by Gasteiger charge is 2.31. The highest BCUT2D eigenvalue weighted by atomic mass is 32.2. The molecule has 0 spiro atoms. The Morgan fingerprint density at radius 2 is 2.00 bits per heavy atom. The Labute approximate surface area is 167 Å². The lowest BCUT2D eigenvalue weighted by molar-refractivity contribution is -0.139. The Balaban J connectivity index is 1.78. The van der Waals surface area contributed by atoms with E-state index in [2.05, 4.69) is 25.8 Å². The number of urea groups is 1. The van der Waals surface area contributed by atoms with Gasteiger partial charge in [-0.1, -0.05) is 48.5 Å². The van der Waals surface area contributed by atoms with Crippen LogP contribution in [0.3, 0.4) is 0 Å². The van der Waals surface area contributed by atoms with Crippen LogP contribution in [0.25, 0.3) is 11.4 Å². The lowest BCUT2D eigenvalue weighted by Crippen LogP contribution is -2.50. The van der Waals surface area contributed by atoms with Gasteiger partial charge in [-0.2, -0.15) is 0 Å². The third kappa shape index (κ3) is 4.53. The van der Waals surface area contributed by atoms with Crippen LogP contribution < -0.4 is 10.6 Å². The number of carbonyl (C=O) groups excluding carboxylic acids is 2. The first-order valence-electron chi connectivity index (χ1n) is 9.11. The fourth-order valence-corrected chi connectivity index (χ4v) is 3.63. The van der Waals surface area contributed by atoms with Gasteiger partial charge in [-0.25, -0.2) is 14.6 Å². The number of aryl methyl sites for hydroxylation is 1. The van der Waals surface area contributed by atoms with Crippen LogP contribution in [-0.4, -0.2) is 45.6 Å². The molecule has 1 aromatic heterocycles. The molecule has 148 valence electrons. The lowest BCUT2D eigenvalue weighted by atomic mass is 10.0. The fourth-order valence-electron chi connectivity index (χ4n) is 2.86. The van der Waals surface area contributed by atoms with Crippen molar-refractivity contribution in [3.8, 4) is 11.4 Å². The molecule has 2 amide bonds. The first-order chi connectivity index (χ1) is 13.5. The van der Waals surface area contributed by atoms with Crippen LogP contribution in [0.2, 0.25) is 0 Å². The van der Waals surface area contributed by atoms with E-state index < -0.39 is 5.97 Å². The molecule has 1 aromatic carbocycles. The van der Waals surface area contributed by atoms with Gasteiger partial charge in [0.1, 0.15) is 0 Å². The summed E-state index contributed by atoms with van der Waals surface area (Å²) in [5.74, 6) is 0.596. The number of rotatable bonds is 7. The van der Waals surface area contributed by atoms with E-state index in [0.29, 0.717) is 34.4 Å². The van der Waals surface area contributed by atoms with E-state index in [1.807, 2.05) is 38.1 Å². The van der Waals surface area contributed by atoms with Crippen LogP contribution in [0, 0.1) is 6.92 Å². The number of thioether (sulfide) groups is 1. The first-order valence-corrected chi connectivity index (χ1v) is 10.1. The number of aromatic nitrogens is 3. The number of hydrogen-bond acceptors (Lipinski definition) is 6. The molecule has 2 heterocycles. The van der Waals surface area contributed by atoms with Gasteiger partial charge in [0.15, 0.2) is 5.82 Å². The largest absolute Gasteiger partial charge is 0.463 e. The number of hydrogen-bond donors (Lipinski definition) is 3. The molecule has 3 rings (SSSR count). The van der Waals surface area contributed by atoms with E-state index in [0.717, 1.165) is 5.56 Å². The van der Waals surface area contributed by atoms with Gasteiger partial charge in [0.2, 0.25) is 5.16 Å². The van der Waals surface area contributed by atoms with Crippen LogP contribution in [0.15, 0.2) is 40.7 Å². The summed E-state index contributed by atoms with van der Waals surface area (Å²) in [4.78, 5) is 28.8. The quantitative estimate of drug-likeness (QED) is 0.486. The Morgan fingerprint density at radius 1 is 1.25 bits per heavy atom. The summed E-state index contributed by atoms with van der Waals surface area (Å²) in [6.45, 7) is 5.96. The van der Waals surface area contributed by atoms with Gasteiger partial charge >= 0.3 is 12.0 Å². The van der Waals surface area contributed by atoms with Crippen LogP contribution in [0.1, 0.15) is 25.8 Å². The van der Waals surface area contributed by atoms with E-state index in [9.17, 15) is 9.59 Å². The van der Waals surface area contributed by atoms with Crippen LogP contribution in [0.5, 0.6) is 0 Å². The van der Waals surface area contributed by atoms with Crippen molar-refractivity contribution < 1.29 is 14.3 Å². The third-order valence-corrected chi connectivity index (χ3v) is 5.16. The second-order valence-electron chi connectivity index (χ2n) is 6.29. The number of ether oxygens (including phenoxy) is 1. The number of H-pyrrole nitrogens is 1. The molecule has 8 nitrogen and oxygen atoms in total. The van der Waals surface area contributed by atoms with E-state index >= 15 is 0 Å². The first kappa shape index (κ1) is 19.9. The molecular weight excluding hydrogens is 378 g/mol. The monoisotopic (exact) mass is 401 g/mol. The van der Waals surface area contributed by atoms with Crippen molar-refractivity contribution in [1.29, 1.82) is 0 Å². The van der Waals surface area contributed by atoms with Crippen LogP contribution >= 0.6 is 11.8 Å². The van der Waals surface area contributed by atoms with E-state index in [4.69, 9.17) is 4.74 Å². The Morgan fingerprint density at radius 3 is 2.68 bits per heavy atom. The summed E-state index contributed by atoms with van der Waals surface area (Å²) in [6, 6.07) is 7.27. The fraction of sp³-hybridized carbons (Fsp3) is 0.368. The highest BCUT2D eigenvalue weighted by Crippen LogP contribution is 2.24. The normalized spacial score (nSPS) is 16.5. The topological polar surface area (TPSA) is 109 Å².